The number of carbonyl (C=O) groups is 1. The lowest BCUT2D eigenvalue weighted by atomic mass is 9.92. The highest BCUT2D eigenvalue weighted by Crippen LogP contribution is 2.26. The zero-order valence-electron chi connectivity index (χ0n) is 13.6. The number of benzene rings is 1. The zero-order valence-corrected chi connectivity index (χ0v) is 14.4. The van der Waals surface area contributed by atoms with Crippen molar-refractivity contribution in [3.63, 3.8) is 0 Å². The summed E-state index contributed by atoms with van der Waals surface area (Å²) >= 11 is 5.98. The van der Waals surface area contributed by atoms with Crippen molar-refractivity contribution in [1.82, 2.24) is 10.2 Å². The van der Waals surface area contributed by atoms with Crippen LogP contribution in [0, 0.1) is 11.3 Å². The first kappa shape index (κ1) is 17.8. The summed E-state index contributed by atoms with van der Waals surface area (Å²) in [5.74, 6) is -0.0852. The van der Waals surface area contributed by atoms with Crippen molar-refractivity contribution in [1.29, 1.82) is 5.26 Å². The van der Waals surface area contributed by atoms with Crippen molar-refractivity contribution in [2.75, 3.05) is 13.6 Å². The Morgan fingerprint density at radius 2 is 2.04 bits per heavy atom. The Morgan fingerprint density at radius 3 is 2.65 bits per heavy atom. The van der Waals surface area contributed by atoms with Gasteiger partial charge in [0.15, 0.2) is 0 Å². The van der Waals surface area contributed by atoms with Crippen molar-refractivity contribution in [3.05, 3.63) is 34.9 Å². The molecular formula is C18H24ClN3O. The fraction of sp³-hybridized carbons (Fsp3) is 0.556. The standard InChI is InChI=1S/C18H24ClN3O/c1-22(12-15-7-6-8-16(19)11-15)13-17(23)21-18(14-20)9-4-2-3-5-10-18/h6-8,11H,2-5,9-10,12-13H2,1H3,(H,21,23). The van der Waals surface area contributed by atoms with E-state index in [2.05, 4.69) is 11.4 Å². The van der Waals surface area contributed by atoms with Gasteiger partial charge in [-0.15, -0.1) is 0 Å². The number of likely N-dealkylation sites (N-methyl/N-ethyl adjacent to an activating group) is 1. The molecular weight excluding hydrogens is 310 g/mol. The van der Waals surface area contributed by atoms with Gasteiger partial charge in [-0.2, -0.15) is 5.26 Å². The number of nitrogens with zero attached hydrogens (tertiary/aromatic N) is 2. The minimum absolute atomic E-state index is 0.0852. The lowest BCUT2D eigenvalue weighted by molar-refractivity contribution is -0.123. The number of nitrogens with one attached hydrogen (secondary N) is 1. The molecule has 124 valence electrons. The number of amides is 1. The Hall–Kier alpha value is -1.57. The first-order valence-electron chi connectivity index (χ1n) is 8.18. The zero-order chi connectivity index (χ0) is 16.7. The summed E-state index contributed by atoms with van der Waals surface area (Å²) in [6.07, 6.45) is 5.82. The fourth-order valence-electron chi connectivity index (χ4n) is 3.15. The first-order chi connectivity index (χ1) is 11.0. The van der Waals surface area contributed by atoms with Gasteiger partial charge in [0.25, 0.3) is 0 Å². The van der Waals surface area contributed by atoms with Crippen LogP contribution in [0.15, 0.2) is 24.3 Å². The molecule has 1 saturated carbocycles. The molecule has 2 rings (SSSR count). The Bertz CT molecular complexity index is 574. The highest BCUT2D eigenvalue weighted by molar-refractivity contribution is 6.30. The van der Waals surface area contributed by atoms with E-state index in [1.165, 1.54) is 0 Å². The number of carbonyl (C=O) groups excluding carboxylic acids is 1. The Balaban J connectivity index is 1.89. The summed E-state index contributed by atoms with van der Waals surface area (Å²) < 4.78 is 0. The number of nitriles is 1. The minimum Gasteiger partial charge on any atom is -0.337 e. The molecule has 1 N–H and O–H groups in total. The maximum atomic E-state index is 12.3. The molecule has 0 aliphatic heterocycles. The normalized spacial score (nSPS) is 17.3. The third kappa shape index (κ3) is 5.53. The molecule has 1 fully saturated rings. The smallest absolute Gasteiger partial charge is 0.235 e. The van der Waals surface area contributed by atoms with Crippen LogP contribution in [-0.4, -0.2) is 29.9 Å². The van der Waals surface area contributed by atoms with E-state index in [1.54, 1.807) is 0 Å². The van der Waals surface area contributed by atoms with Gasteiger partial charge in [-0.25, -0.2) is 0 Å². The Morgan fingerprint density at radius 1 is 1.35 bits per heavy atom. The molecule has 0 saturated heterocycles. The maximum Gasteiger partial charge on any atom is 0.235 e. The summed E-state index contributed by atoms with van der Waals surface area (Å²) in [5.41, 5.74) is 0.391. The molecule has 1 aliphatic carbocycles. The van der Waals surface area contributed by atoms with E-state index < -0.39 is 5.54 Å². The average molecular weight is 334 g/mol. The Kier molecular flexibility index (Phi) is 6.44. The van der Waals surface area contributed by atoms with E-state index in [9.17, 15) is 10.1 Å². The SMILES string of the molecule is CN(CC(=O)NC1(C#N)CCCCCC1)Cc1cccc(Cl)c1. The van der Waals surface area contributed by atoms with Crippen molar-refractivity contribution in [3.8, 4) is 6.07 Å². The summed E-state index contributed by atoms with van der Waals surface area (Å²) in [6.45, 7) is 0.920. The van der Waals surface area contributed by atoms with Crippen LogP contribution >= 0.6 is 11.6 Å². The van der Waals surface area contributed by atoms with Crippen LogP contribution in [0.3, 0.4) is 0 Å². The highest BCUT2D eigenvalue weighted by atomic mass is 35.5. The monoisotopic (exact) mass is 333 g/mol. The van der Waals surface area contributed by atoms with E-state index in [-0.39, 0.29) is 12.5 Å². The third-order valence-electron chi connectivity index (χ3n) is 4.30. The molecule has 23 heavy (non-hydrogen) atoms. The molecule has 1 aromatic rings. The summed E-state index contributed by atoms with van der Waals surface area (Å²) in [4.78, 5) is 14.3. The summed E-state index contributed by atoms with van der Waals surface area (Å²) in [7, 11) is 1.90. The van der Waals surface area contributed by atoms with E-state index in [0.717, 1.165) is 44.1 Å². The van der Waals surface area contributed by atoms with Gasteiger partial charge in [-0.1, -0.05) is 49.4 Å². The second kappa shape index (κ2) is 8.33. The molecule has 0 bridgehead atoms. The maximum absolute atomic E-state index is 12.3. The van der Waals surface area contributed by atoms with Crippen LogP contribution in [0.2, 0.25) is 5.02 Å². The predicted octanol–water partition coefficient (Wildman–Crippen LogP) is 3.50. The Labute approximate surface area is 143 Å². The molecule has 4 nitrogen and oxygen atoms in total. The van der Waals surface area contributed by atoms with Crippen molar-refractivity contribution >= 4 is 17.5 Å². The summed E-state index contributed by atoms with van der Waals surface area (Å²) in [6, 6.07) is 9.98. The van der Waals surface area contributed by atoms with Crippen molar-refractivity contribution in [2.45, 2.75) is 50.6 Å². The lowest BCUT2D eigenvalue weighted by Crippen LogP contribution is -2.49. The van der Waals surface area contributed by atoms with E-state index in [4.69, 9.17) is 11.6 Å². The van der Waals surface area contributed by atoms with Crippen molar-refractivity contribution < 1.29 is 4.79 Å². The molecule has 0 aromatic heterocycles. The van der Waals surface area contributed by atoms with Crippen LogP contribution in [-0.2, 0) is 11.3 Å². The topological polar surface area (TPSA) is 56.1 Å². The van der Waals surface area contributed by atoms with Crippen LogP contribution in [0.1, 0.15) is 44.1 Å². The molecule has 0 heterocycles. The van der Waals surface area contributed by atoms with Crippen LogP contribution in [0.4, 0.5) is 0 Å². The number of rotatable bonds is 5. The van der Waals surface area contributed by atoms with E-state index in [1.807, 2.05) is 36.2 Å². The summed E-state index contributed by atoms with van der Waals surface area (Å²) in [5, 5.41) is 13.2. The van der Waals surface area contributed by atoms with Crippen LogP contribution in [0.25, 0.3) is 0 Å². The molecule has 5 heteroatoms. The average Bonchev–Trinajstić information content (AvgIpc) is 2.73. The largest absolute Gasteiger partial charge is 0.337 e. The second-order valence-corrected chi connectivity index (χ2v) is 6.89. The van der Waals surface area contributed by atoms with Gasteiger partial charge >= 0.3 is 0 Å². The molecule has 0 atom stereocenters. The first-order valence-corrected chi connectivity index (χ1v) is 8.56. The van der Waals surface area contributed by atoms with Gasteiger partial charge in [0.1, 0.15) is 5.54 Å². The van der Waals surface area contributed by atoms with Crippen molar-refractivity contribution in [2.24, 2.45) is 0 Å². The lowest BCUT2D eigenvalue weighted by Gasteiger charge is -2.27. The molecule has 0 spiro atoms. The molecule has 1 aliphatic rings. The van der Waals surface area contributed by atoms with E-state index >= 15 is 0 Å². The highest BCUT2D eigenvalue weighted by Gasteiger charge is 2.32. The number of hydrogen-bond donors (Lipinski definition) is 1. The van der Waals surface area contributed by atoms with Gasteiger partial charge in [0.2, 0.25) is 5.91 Å². The second-order valence-electron chi connectivity index (χ2n) is 6.46. The number of halogens is 1. The minimum atomic E-state index is -0.676. The van der Waals surface area contributed by atoms with Crippen LogP contribution in [0.5, 0.6) is 0 Å². The van der Waals surface area contributed by atoms with Gasteiger partial charge in [-0.3, -0.25) is 9.69 Å². The van der Waals surface area contributed by atoms with Crippen LogP contribution < -0.4 is 5.32 Å². The molecule has 0 radical (unpaired) electrons. The molecule has 0 unspecified atom stereocenters. The molecule has 1 aromatic carbocycles. The van der Waals surface area contributed by atoms with Gasteiger partial charge in [0, 0.05) is 11.6 Å². The fourth-order valence-corrected chi connectivity index (χ4v) is 3.36. The van der Waals surface area contributed by atoms with Gasteiger partial charge in [0.05, 0.1) is 12.6 Å². The molecule has 1 amide bonds. The third-order valence-corrected chi connectivity index (χ3v) is 4.54. The van der Waals surface area contributed by atoms with E-state index in [0.29, 0.717) is 11.6 Å². The number of hydrogen-bond acceptors (Lipinski definition) is 3. The van der Waals surface area contributed by atoms with Gasteiger partial charge in [-0.05, 0) is 37.6 Å². The predicted molar refractivity (Wildman–Crippen MR) is 92.0 cm³/mol. The van der Waals surface area contributed by atoms with Gasteiger partial charge < -0.3 is 5.32 Å². The quantitative estimate of drug-likeness (QED) is 0.839.